The Morgan fingerprint density at radius 2 is 2.07 bits per heavy atom. The smallest absolute Gasteiger partial charge is 0.307 e. The molecule has 0 bridgehead atoms. The van der Waals surface area contributed by atoms with E-state index in [4.69, 9.17) is 5.11 Å². The molecule has 0 aliphatic rings. The van der Waals surface area contributed by atoms with E-state index in [1.54, 1.807) is 0 Å². The highest BCUT2D eigenvalue weighted by Gasteiger charge is 2.19. The Morgan fingerprint density at radius 1 is 1.43 bits per heavy atom. The van der Waals surface area contributed by atoms with E-state index in [0.717, 1.165) is 6.07 Å². The first-order chi connectivity index (χ1) is 6.52. The largest absolute Gasteiger partial charge is 0.481 e. The first-order valence-corrected chi connectivity index (χ1v) is 3.79. The van der Waals surface area contributed by atoms with Gasteiger partial charge in [-0.1, -0.05) is 12.1 Å². The molecule has 0 fully saturated rings. The Kier molecular flexibility index (Phi) is 3.11. The minimum Gasteiger partial charge on any atom is -0.481 e. The van der Waals surface area contributed by atoms with Crippen molar-refractivity contribution < 1.29 is 23.1 Å². The number of benzene rings is 1. The van der Waals surface area contributed by atoms with Crippen LogP contribution in [-0.2, 0) is 11.2 Å². The van der Waals surface area contributed by atoms with E-state index >= 15 is 0 Å². The van der Waals surface area contributed by atoms with Gasteiger partial charge < -0.3 is 5.11 Å². The Balaban J connectivity index is 3.14. The van der Waals surface area contributed by atoms with Crippen molar-refractivity contribution in [2.75, 3.05) is 0 Å². The fourth-order valence-electron chi connectivity index (χ4n) is 1.14. The molecule has 14 heavy (non-hydrogen) atoms. The SMILES string of the molecule is O=C(O)Cc1cccc(F)c1C(F)F. The number of hydrogen-bond donors (Lipinski definition) is 1. The van der Waals surface area contributed by atoms with Crippen molar-refractivity contribution in [1.82, 2.24) is 0 Å². The van der Waals surface area contributed by atoms with Gasteiger partial charge in [-0.3, -0.25) is 4.79 Å². The quantitative estimate of drug-likeness (QED) is 0.820. The predicted molar refractivity (Wildman–Crippen MR) is 42.7 cm³/mol. The number of hydrogen-bond acceptors (Lipinski definition) is 1. The summed E-state index contributed by atoms with van der Waals surface area (Å²) < 4.78 is 37.5. The van der Waals surface area contributed by atoms with Crippen LogP contribution in [0.25, 0.3) is 0 Å². The van der Waals surface area contributed by atoms with Gasteiger partial charge in [0.15, 0.2) is 0 Å². The lowest BCUT2D eigenvalue weighted by atomic mass is 10.0. The lowest BCUT2D eigenvalue weighted by molar-refractivity contribution is -0.136. The van der Waals surface area contributed by atoms with Crippen LogP contribution in [0.5, 0.6) is 0 Å². The van der Waals surface area contributed by atoms with Crippen LogP contribution in [0.2, 0.25) is 0 Å². The summed E-state index contributed by atoms with van der Waals surface area (Å²) in [5.41, 5.74) is -1.01. The second-order valence-electron chi connectivity index (χ2n) is 2.68. The molecule has 0 heterocycles. The van der Waals surface area contributed by atoms with Gasteiger partial charge >= 0.3 is 5.97 Å². The molecule has 0 aliphatic carbocycles. The van der Waals surface area contributed by atoms with E-state index in [0.29, 0.717) is 0 Å². The van der Waals surface area contributed by atoms with E-state index in [1.807, 2.05) is 0 Å². The Bertz CT molecular complexity index is 350. The lowest BCUT2D eigenvalue weighted by Crippen LogP contribution is -2.05. The molecule has 1 N–H and O–H groups in total. The van der Waals surface area contributed by atoms with Crippen molar-refractivity contribution in [3.05, 3.63) is 35.1 Å². The first kappa shape index (κ1) is 10.6. The number of carboxylic acid groups (broad SMARTS) is 1. The molecule has 1 aromatic rings. The molecule has 0 saturated carbocycles. The molecule has 0 atom stereocenters. The third-order valence-electron chi connectivity index (χ3n) is 1.70. The molecule has 2 nitrogen and oxygen atoms in total. The molecule has 0 aliphatic heterocycles. The van der Waals surface area contributed by atoms with Crippen LogP contribution in [0.4, 0.5) is 13.2 Å². The van der Waals surface area contributed by atoms with Crippen LogP contribution in [0, 0.1) is 5.82 Å². The predicted octanol–water partition coefficient (Wildman–Crippen LogP) is 2.39. The standard InChI is InChI=1S/C9H7F3O2/c10-6-3-1-2-5(4-7(13)14)8(6)9(11)12/h1-3,9H,4H2,(H,13,14). The molecule has 0 radical (unpaired) electrons. The van der Waals surface area contributed by atoms with Crippen LogP contribution in [0.1, 0.15) is 17.6 Å². The lowest BCUT2D eigenvalue weighted by Gasteiger charge is -2.07. The zero-order valence-electron chi connectivity index (χ0n) is 7.01. The van der Waals surface area contributed by atoms with Crippen LogP contribution in [-0.4, -0.2) is 11.1 Å². The molecule has 0 unspecified atom stereocenters. The van der Waals surface area contributed by atoms with Gasteiger partial charge in [-0.15, -0.1) is 0 Å². The molecule has 0 amide bonds. The number of aliphatic carboxylic acids is 1. The maximum absolute atomic E-state index is 12.9. The normalized spacial score (nSPS) is 10.6. The Hall–Kier alpha value is -1.52. The molecule has 1 aromatic carbocycles. The molecular formula is C9H7F3O2. The summed E-state index contributed by atoms with van der Waals surface area (Å²) in [6, 6.07) is 3.27. The molecule has 0 aromatic heterocycles. The highest BCUT2D eigenvalue weighted by Crippen LogP contribution is 2.26. The van der Waals surface area contributed by atoms with E-state index in [-0.39, 0.29) is 5.56 Å². The third kappa shape index (κ3) is 2.25. The van der Waals surface area contributed by atoms with Crippen LogP contribution >= 0.6 is 0 Å². The van der Waals surface area contributed by atoms with E-state index in [9.17, 15) is 18.0 Å². The van der Waals surface area contributed by atoms with Crippen LogP contribution in [0.15, 0.2) is 18.2 Å². The average Bonchev–Trinajstić information content (AvgIpc) is 2.01. The number of rotatable bonds is 3. The fourth-order valence-corrected chi connectivity index (χ4v) is 1.14. The zero-order valence-corrected chi connectivity index (χ0v) is 7.01. The summed E-state index contributed by atoms with van der Waals surface area (Å²) in [7, 11) is 0. The third-order valence-corrected chi connectivity index (χ3v) is 1.70. The summed E-state index contributed by atoms with van der Waals surface area (Å²) >= 11 is 0. The topological polar surface area (TPSA) is 37.3 Å². The minimum atomic E-state index is -2.99. The van der Waals surface area contributed by atoms with Crippen LogP contribution < -0.4 is 0 Å². The van der Waals surface area contributed by atoms with Gasteiger partial charge in [0.2, 0.25) is 0 Å². The molecule has 1 rings (SSSR count). The van der Waals surface area contributed by atoms with Gasteiger partial charge in [0.25, 0.3) is 6.43 Å². The van der Waals surface area contributed by atoms with E-state index in [1.165, 1.54) is 12.1 Å². The highest BCUT2D eigenvalue weighted by molar-refractivity contribution is 5.70. The highest BCUT2D eigenvalue weighted by atomic mass is 19.3. The van der Waals surface area contributed by atoms with Crippen molar-refractivity contribution >= 4 is 5.97 Å². The molecule has 0 spiro atoms. The Morgan fingerprint density at radius 3 is 2.57 bits per heavy atom. The summed E-state index contributed by atoms with van der Waals surface area (Å²) in [5, 5.41) is 8.40. The van der Waals surface area contributed by atoms with E-state index < -0.39 is 30.2 Å². The second kappa shape index (κ2) is 4.13. The van der Waals surface area contributed by atoms with Crippen molar-refractivity contribution in [2.24, 2.45) is 0 Å². The number of alkyl halides is 2. The van der Waals surface area contributed by atoms with Crippen molar-refractivity contribution in [3.63, 3.8) is 0 Å². The molecule has 5 heteroatoms. The van der Waals surface area contributed by atoms with Crippen molar-refractivity contribution in [2.45, 2.75) is 12.8 Å². The van der Waals surface area contributed by atoms with Gasteiger partial charge in [0.05, 0.1) is 12.0 Å². The second-order valence-corrected chi connectivity index (χ2v) is 2.68. The van der Waals surface area contributed by atoms with Crippen molar-refractivity contribution in [3.8, 4) is 0 Å². The summed E-state index contributed by atoms with van der Waals surface area (Å²) in [6.45, 7) is 0. The molecular weight excluding hydrogens is 197 g/mol. The average molecular weight is 204 g/mol. The van der Waals surface area contributed by atoms with Gasteiger partial charge in [-0.2, -0.15) is 0 Å². The maximum Gasteiger partial charge on any atom is 0.307 e. The summed E-state index contributed by atoms with van der Waals surface area (Å²) in [4.78, 5) is 10.3. The summed E-state index contributed by atoms with van der Waals surface area (Å²) in [6.07, 6.45) is -3.59. The van der Waals surface area contributed by atoms with Crippen LogP contribution in [0.3, 0.4) is 0 Å². The number of carbonyl (C=O) groups is 1. The minimum absolute atomic E-state index is 0.187. The van der Waals surface area contributed by atoms with Gasteiger partial charge in [-0.25, -0.2) is 13.2 Å². The summed E-state index contributed by atoms with van der Waals surface area (Å²) in [5.74, 6) is -2.34. The monoisotopic (exact) mass is 204 g/mol. The van der Waals surface area contributed by atoms with E-state index in [2.05, 4.69) is 0 Å². The maximum atomic E-state index is 12.9. The molecule has 76 valence electrons. The molecule has 0 saturated heterocycles. The van der Waals surface area contributed by atoms with Gasteiger partial charge in [0, 0.05) is 0 Å². The fraction of sp³-hybridized carbons (Fsp3) is 0.222. The zero-order chi connectivity index (χ0) is 10.7. The Labute approximate surface area is 78.0 Å². The first-order valence-electron chi connectivity index (χ1n) is 3.79. The van der Waals surface area contributed by atoms with Crippen molar-refractivity contribution in [1.29, 1.82) is 0 Å². The van der Waals surface area contributed by atoms with Gasteiger partial charge in [0.1, 0.15) is 5.82 Å². The number of halogens is 3. The van der Waals surface area contributed by atoms with Gasteiger partial charge in [-0.05, 0) is 11.6 Å². The number of carboxylic acids is 1.